The predicted molar refractivity (Wildman–Crippen MR) is 98.1 cm³/mol. The monoisotopic (exact) mass is 356 g/mol. The minimum absolute atomic E-state index is 0.0614. The van der Waals surface area contributed by atoms with E-state index in [-0.39, 0.29) is 5.91 Å². The quantitative estimate of drug-likeness (QED) is 0.736. The third-order valence-electron chi connectivity index (χ3n) is 4.09. The maximum absolute atomic E-state index is 12.8. The van der Waals surface area contributed by atoms with Crippen molar-refractivity contribution >= 4 is 17.2 Å². The third kappa shape index (κ3) is 3.71. The lowest BCUT2D eigenvalue weighted by Gasteiger charge is -2.17. The van der Waals surface area contributed by atoms with Gasteiger partial charge in [-0.3, -0.25) is 9.89 Å². The molecule has 0 spiro atoms. The highest BCUT2D eigenvalue weighted by Crippen LogP contribution is 2.25. The summed E-state index contributed by atoms with van der Waals surface area (Å²) in [7, 11) is 3.42. The summed E-state index contributed by atoms with van der Waals surface area (Å²) < 4.78 is 5.26. The van der Waals surface area contributed by atoms with E-state index in [0.29, 0.717) is 17.8 Å². The van der Waals surface area contributed by atoms with E-state index >= 15 is 0 Å². The molecule has 0 atom stereocenters. The molecule has 0 aliphatic carbocycles. The molecule has 0 saturated heterocycles. The van der Waals surface area contributed by atoms with Gasteiger partial charge in [-0.25, -0.2) is 4.98 Å². The Morgan fingerprint density at radius 3 is 2.96 bits per heavy atom. The molecule has 2 aromatic heterocycles. The Bertz CT molecular complexity index is 871. The molecule has 1 N–H and O–H groups in total. The molecule has 0 radical (unpaired) electrons. The fourth-order valence-corrected chi connectivity index (χ4v) is 3.36. The Labute approximate surface area is 150 Å². The number of H-pyrrole nitrogens is 1. The van der Waals surface area contributed by atoms with Gasteiger partial charge in [0.15, 0.2) is 0 Å². The molecule has 25 heavy (non-hydrogen) atoms. The first-order valence-corrected chi connectivity index (χ1v) is 8.80. The van der Waals surface area contributed by atoms with Crippen molar-refractivity contribution in [3.63, 3.8) is 0 Å². The summed E-state index contributed by atoms with van der Waals surface area (Å²) in [4.78, 5) is 20.0. The molecule has 0 aliphatic rings. The van der Waals surface area contributed by atoms with Crippen LogP contribution in [-0.2, 0) is 6.42 Å². The van der Waals surface area contributed by atoms with Crippen molar-refractivity contribution in [2.75, 3.05) is 20.7 Å². The van der Waals surface area contributed by atoms with Crippen LogP contribution in [0.3, 0.4) is 0 Å². The summed E-state index contributed by atoms with van der Waals surface area (Å²) in [5, 5.41) is 6.99. The zero-order valence-electron chi connectivity index (χ0n) is 14.4. The molecule has 2 heterocycles. The summed E-state index contributed by atoms with van der Waals surface area (Å²) in [6, 6.07) is 7.56. The largest absolute Gasteiger partial charge is 0.497 e. The summed E-state index contributed by atoms with van der Waals surface area (Å²) in [6.07, 6.45) is 2.37. The standard InChI is InChI=1S/C18H20N4O2S/c1-12-16(25-11-19-12)7-8-22(2)18(23)15-10-20-21-17(15)13-5-4-6-14(9-13)24-3/h4-6,9-11H,7-8H2,1-3H3,(H,20,21). The Morgan fingerprint density at radius 2 is 2.24 bits per heavy atom. The summed E-state index contributed by atoms with van der Waals surface area (Å²) in [5.74, 6) is 0.674. The van der Waals surface area contributed by atoms with Gasteiger partial charge in [-0.2, -0.15) is 5.10 Å². The molecule has 1 aromatic carbocycles. The minimum Gasteiger partial charge on any atom is -0.497 e. The lowest BCUT2D eigenvalue weighted by Crippen LogP contribution is -2.29. The number of hydrogen-bond donors (Lipinski definition) is 1. The fourth-order valence-electron chi connectivity index (χ4n) is 2.59. The highest BCUT2D eigenvalue weighted by Gasteiger charge is 2.19. The van der Waals surface area contributed by atoms with Gasteiger partial charge in [0, 0.05) is 30.5 Å². The van der Waals surface area contributed by atoms with Crippen molar-refractivity contribution in [2.45, 2.75) is 13.3 Å². The number of ether oxygens (including phenoxy) is 1. The molecular formula is C18H20N4O2S. The highest BCUT2D eigenvalue weighted by molar-refractivity contribution is 7.09. The van der Waals surface area contributed by atoms with E-state index in [2.05, 4.69) is 15.2 Å². The number of benzene rings is 1. The van der Waals surface area contributed by atoms with Crippen LogP contribution >= 0.6 is 11.3 Å². The summed E-state index contributed by atoms with van der Waals surface area (Å²) in [5.41, 5.74) is 4.99. The van der Waals surface area contributed by atoms with Crippen LogP contribution in [0.2, 0.25) is 0 Å². The second kappa shape index (κ2) is 7.48. The Morgan fingerprint density at radius 1 is 1.40 bits per heavy atom. The highest BCUT2D eigenvalue weighted by atomic mass is 32.1. The van der Waals surface area contributed by atoms with Crippen molar-refractivity contribution in [3.8, 4) is 17.0 Å². The number of aryl methyl sites for hydroxylation is 1. The van der Waals surface area contributed by atoms with Crippen LogP contribution in [0.25, 0.3) is 11.3 Å². The Balaban J connectivity index is 1.76. The van der Waals surface area contributed by atoms with Gasteiger partial charge in [-0.05, 0) is 19.1 Å². The number of rotatable bonds is 6. The number of methoxy groups -OCH3 is 1. The van der Waals surface area contributed by atoms with Crippen LogP contribution in [0.4, 0.5) is 0 Å². The first-order chi connectivity index (χ1) is 12.1. The molecule has 0 bridgehead atoms. The normalized spacial score (nSPS) is 10.7. The van der Waals surface area contributed by atoms with Crippen molar-refractivity contribution in [2.24, 2.45) is 0 Å². The number of likely N-dealkylation sites (N-methyl/N-ethyl adjacent to an activating group) is 1. The SMILES string of the molecule is COc1cccc(-c2[nH]ncc2C(=O)N(C)CCc2scnc2C)c1. The van der Waals surface area contributed by atoms with Crippen LogP contribution in [0, 0.1) is 6.92 Å². The molecule has 1 amide bonds. The zero-order chi connectivity index (χ0) is 17.8. The number of nitrogens with one attached hydrogen (secondary N) is 1. The number of nitrogens with zero attached hydrogens (tertiary/aromatic N) is 3. The van der Waals surface area contributed by atoms with E-state index in [0.717, 1.165) is 23.4 Å². The average molecular weight is 356 g/mol. The summed E-state index contributed by atoms with van der Waals surface area (Å²) >= 11 is 1.62. The minimum atomic E-state index is -0.0614. The second-order valence-corrected chi connectivity index (χ2v) is 6.67. The number of aromatic amines is 1. The Kier molecular flexibility index (Phi) is 5.14. The van der Waals surface area contributed by atoms with Gasteiger partial charge >= 0.3 is 0 Å². The van der Waals surface area contributed by atoms with E-state index in [4.69, 9.17) is 4.74 Å². The summed E-state index contributed by atoms with van der Waals surface area (Å²) in [6.45, 7) is 2.62. The molecule has 7 heteroatoms. The molecule has 6 nitrogen and oxygen atoms in total. The fraction of sp³-hybridized carbons (Fsp3) is 0.278. The molecule has 130 valence electrons. The Hall–Kier alpha value is -2.67. The molecule has 0 saturated carbocycles. The lowest BCUT2D eigenvalue weighted by molar-refractivity contribution is 0.0797. The van der Waals surface area contributed by atoms with Crippen molar-refractivity contribution in [1.29, 1.82) is 0 Å². The van der Waals surface area contributed by atoms with E-state index < -0.39 is 0 Å². The van der Waals surface area contributed by atoms with Gasteiger partial charge in [0.2, 0.25) is 0 Å². The maximum Gasteiger partial charge on any atom is 0.257 e. The zero-order valence-corrected chi connectivity index (χ0v) is 15.3. The predicted octanol–water partition coefficient (Wildman–Crippen LogP) is 3.16. The molecule has 0 fully saturated rings. The average Bonchev–Trinajstić information content (AvgIpc) is 3.28. The lowest BCUT2D eigenvalue weighted by atomic mass is 10.1. The molecule has 3 rings (SSSR count). The van der Waals surface area contributed by atoms with Crippen LogP contribution in [-0.4, -0.2) is 46.7 Å². The van der Waals surface area contributed by atoms with Crippen molar-refractivity contribution in [1.82, 2.24) is 20.1 Å². The number of hydrogen-bond acceptors (Lipinski definition) is 5. The second-order valence-electron chi connectivity index (χ2n) is 5.73. The number of aromatic nitrogens is 3. The van der Waals surface area contributed by atoms with Crippen LogP contribution in [0.15, 0.2) is 36.0 Å². The van der Waals surface area contributed by atoms with Crippen LogP contribution in [0.5, 0.6) is 5.75 Å². The van der Waals surface area contributed by atoms with Crippen LogP contribution < -0.4 is 4.74 Å². The number of amides is 1. The molecule has 0 aliphatic heterocycles. The van der Waals surface area contributed by atoms with Gasteiger partial charge in [-0.15, -0.1) is 11.3 Å². The smallest absolute Gasteiger partial charge is 0.257 e. The molecule has 3 aromatic rings. The first kappa shape index (κ1) is 17.2. The van der Waals surface area contributed by atoms with Gasteiger partial charge in [-0.1, -0.05) is 12.1 Å². The third-order valence-corrected chi connectivity index (χ3v) is 5.09. The van der Waals surface area contributed by atoms with Crippen molar-refractivity contribution in [3.05, 3.63) is 52.1 Å². The van der Waals surface area contributed by atoms with E-state index in [1.165, 1.54) is 4.88 Å². The van der Waals surface area contributed by atoms with Crippen LogP contribution in [0.1, 0.15) is 20.9 Å². The van der Waals surface area contributed by atoms with Gasteiger partial charge in [0.1, 0.15) is 5.75 Å². The van der Waals surface area contributed by atoms with Gasteiger partial charge in [0.25, 0.3) is 5.91 Å². The topological polar surface area (TPSA) is 71.1 Å². The molecular weight excluding hydrogens is 336 g/mol. The first-order valence-electron chi connectivity index (χ1n) is 7.92. The van der Waals surface area contributed by atoms with E-state index in [1.807, 2.05) is 36.7 Å². The number of thiazole rings is 1. The van der Waals surface area contributed by atoms with E-state index in [9.17, 15) is 4.79 Å². The maximum atomic E-state index is 12.8. The van der Waals surface area contributed by atoms with E-state index in [1.54, 1.807) is 36.6 Å². The number of carbonyl (C=O) groups is 1. The van der Waals surface area contributed by atoms with Crippen molar-refractivity contribution < 1.29 is 9.53 Å². The number of carbonyl (C=O) groups excluding carboxylic acids is 1. The van der Waals surface area contributed by atoms with Gasteiger partial charge < -0.3 is 9.64 Å². The molecule has 0 unspecified atom stereocenters. The van der Waals surface area contributed by atoms with Gasteiger partial charge in [0.05, 0.1) is 35.8 Å².